The third-order valence-corrected chi connectivity index (χ3v) is 3.78. The number of para-hydroxylation sites is 1. The summed E-state index contributed by atoms with van der Waals surface area (Å²) in [4.78, 5) is 27.1. The van der Waals surface area contributed by atoms with E-state index >= 15 is 0 Å². The molecule has 1 aromatic carbocycles. The van der Waals surface area contributed by atoms with Gasteiger partial charge in [0.25, 0.3) is 11.8 Å². The molecule has 2 N–H and O–H groups in total. The highest BCUT2D eigenvalue weighted by molar-refractivity contribution is 5.95. The number of carbonyl (C=O) groups is 2. The molecule has 1 aromatic rings. The second-order valence-electron chi connectivity index (χ2n) is 6.31. The van der Waals surface area contributed by atoms with Gasteiger partial charge in [0.1, 0.15) is 0 Å². The quantitative estimate of drug-likeness (QED) is 0.805. The van der Waals surface area contributed by atoms with Crippen LogP contribution < -0.4 is 15.1 Å². The number of fused-ring (bicyclic) bond motifs is 1. The first-order valence-corrected chi connectivity index (χ1v) is 7.96. The summed E-state index contributed by atoms with van der Waals surface area (Å²) in [6, 6.07) is 8.21. The van der Waals surface area contributed by atoms with Gasteiger partial charge in [-0.2, -0.15) is 0 Å². The zero-order valence-electron chi connectivity index (χ0n) is 13.7. The van der Waals surface area contributed by atoms with Crippen LogP contribution in [-0.2, 0) is 16.0 Å². The van der Waals surface area contributed by atoms with Crippen LogP contribution >= 0.6 is 0 Å². The van der Waals surface area contributed by atoms with Crippen molar-refractivity contribution in [3.05, 3.63) is 29.8 Å². The number of anilines is 1. The van der Waals surface area contributed by atoms with Crippen LogP contribution in [0.15, 0.2) is 24.3 Å². The molecule has 0 fully saturated rings. The molecule has 1 aliphatic rings. The zero-order chi connectivity index (χ0) is 16.1. The monoisotopic (exact) mass is 304 g/mol. The third kappa shape index (κ3) is 4.31. The Morgan fingerprint density at radius 1 is 1.27 bits per heavy atom. The van der Waals surface area contributed by atoms with Gasteiger partial charge in [-0.05, 0) is 38.3 Å². The normalized spacial score (nSPS) is 15.4. The lowest BCUT2D eigenvalue weighted by atomic mass is 10.0. The van der Waals surface area contributed by atoms with Crippen LogP contribution in [0.5, 0.6) is 0 Å². The van der Waals surface area contributed by atoms with Crippen molar-refractivity contribution in [2.75, 3.05) is 31.6 Å². The Bertz CT molecular complexity index is 542. The molecule has 1 atom stereocenters. The van der Waals surface area contributed by atoms with Crippen molar-refractivity contribution in [3.8, 4) is 0 Å². The fourth-order valence-electron chi connectivity index (χ4n) is 2.86. The zero-order valence-corrected chi connectivity index (χ0v) is 13.7. The molecular weight excluding hydrogens is 278 g/mol. The summed E-state index contributed by atoms with van der Waals surface area (Å²) < 4.78 is 0. The van der Waals surface area contributed by atoms with Crippen LogP contribution in [0.3, 0.4) is 0 Å². The molecule has 120 valence electrons. The maximum Gasteiger partial charge on any atom is 0.282 e. The molecule has 0 aromatic heterocycles. The largest absolute Gasteiger partial charge is 0.349 e. The maximum absolute atomic E-state index is 12.5. The summed E-state index contributed by atoms with van der Waals surface area (Å²) in [5.41, 5.74) is 2.26. The molecule has 22 heavy (non-hydrogen) atoms. The second-order valence-corrected chi connectivity index (χ2v) is 6.31. The Hall–Kier alpha value is -1.88. The summed E-state index contributed by atoms with van der Waals surface area (Å²) >= 11 is 0. The smallest absolute Gasteiger partial charge is 0.282 e. The van der Waals surface area contributed by atoms with Gasteiger partial charge in [0.15, 0.2) is 13.1 Å². The molecule has 0 radical (unpaired) electrons. The van der Waals surface area contributed by atoms with Crippen molar-refractivity contribution < 1.29 is 14.5 Å². The molecule has 0 saturated carbocycles. The highest BCUT2D eigenvalue weighted by Gasteiger charge is 2.25. The lowest BCUT2D eigenvalue weighted by Crippen LogP contribution is -3.11. The van der Waals surface area contributed by atoms with Crippen molar-refractivity contribution in [2.24, 2.45) is 0 Å². The number of benzene rings is 1. The van der Waals surface area contributed by atoms with Gasteiger partial charge in [-0.3, -0.25) is 9.59 Å². The molecule has 5 heteroatoms. The number of nitrogens with zero attached hydrogens (tertiary/aromatic N) is 1. The molecule has 2 amide bonds. The molecule has 1 heterocycles. The van der Waals surface area contributed by atoms with E-state index in [1.807, 2.05) is 44.0 Å². The van der Waals surface area contributed by atoms with Crippen LogP contribution in [0, 0.1) is 0 Å². The Labute approximate surface area is 132 Å². The van der Waals surface area contributed by atoms with Crippen molar-refractivity contribution >= 4 is 17.5 Å². The summed E-state index contributed by atoms with van der Waals surface area (Å²) in [6.45, 7) is 5.28. The average molecular weight is 304 g/mol. The standard InChI is InChI=1S/C17H25N3O2/c1-13(2)18-16(21)11-19(3)12-17(22)20-10-6-8-14-7-4-5-9-15(14)20/h4-5,7,9,13H,6,8,10-12H2,1-3H3,(H,18,21)/p+1. The fourth-order valence-corrected chi connectivity index (χ4v) is 2.86. The number of amides is 2. The molecule has 2 rings (SSSR count). The SMILES string of the molecule is CC(C)NC(=O)C[NH+](C)CC(=O)N1CCCc2ccccc21. The molecule has 1 aliphatic heterocycles. The molecule has 1 unspecified atom stereocenters. The summed E-state index contributed by atoms with van der Waals surface area (Å²) in [5, 5.41) is 2.86. The summed E-state index contributed by atoms with van der Waals surface area (Å²) in [6.07, 6.45) is 2.02. The Morgan fingerprint density at radius 3 is 2.73 bits per heavy atom. The van der Waals surface area contributed by atoms with E-state index in [0.29, 0.717) is 13.1 Å². The first kappa shape index (κ1) is 16.5. The number of likely N-dealkylation sites (N-methyl/N-ethyl adjacent to an activating group) is 1. The van der Waals surface area contributed by atoms with Gasteiger partial charge in [-0.15, -0.1) is 0 Å². The average Bonchev–Trinajstić information content (AvgIpc) is 2.45. The van der Waals surface area contributed by atoms with Gasteiger partial charge in [-0.1, -0.05) is 18.2 Å². The topological polar surface area (TPSA) is 53.9 Å². The van der Waals surface area contributed by atoms with Crippen molar-refractivity contribution in [3.63, 3.8) is 0 Å². The van der Waals surface area contributed by atoms with Crippen LogP contribution in [0.1, 0.15) is 25.8 Å². The molecular formula is C17H26N3O2+. The van der Waals surface area contributed by atoms with Gasteiger partial charge < -0.3 is 15.1 Å². The number of nitrogens with one attached hydrogen (secondary N) is 2. The molecule has 0 bridgehead atoms. The van der Waals surface area contributed by atoms with E-state index in [1.54, 1.807) is 0 Å². The molecule has 5 nitrogen and oxygen atoms in total. The number of carbonyl (C=O) groups excluding carboxylic acids is 2. The van der Waals surface area contributed by atoms with Crippen molar-refractivity contribution in [1.29, 1.82) is 0 Å². The number of hydrogen-bond acceptors (Lipinski definition) is 2. The minimum Gasteiger partial charge on any atom is -0.349 e. The Kier molecular flexibility index (Phi) is 5.55. The van der Waals surface area contributed by atoms with E-state index in [0.717, 1.165) is 30.0 Å². The number of quaternary nitrogens is 1. The highest BCUT2D eigenvalue weighted by atomic mass is 16.2. The van der Waals surface area contributed by atoms with E-state index in [1.165, 1.54) is 5.56 Å². The number of hydrogen-bond donors (Lipinski definition) is 2. The van der Waals surface area contributed by atoms with E-state index in [2.05, 4.69) is 11.4 Å². The number of aryl methyl sites for hydroxylation is 1. The van der Waals surface area contributed by atoms with Gasteiger partial charge in [0.05, 0.1) is 7.05 Å². The number of rotatable bonds is 5. The van der Waals surface area contributed by atoms with E-state index in [-0.39, 0.29) is 17.9 Å². The minimum atomic E-state index is -0.0145. The predicted molar refractivity (Wildman–Crippen MR) is 87.0 cm³/mol. The van der Waals surface area contributed by atoms with Crippen LogP contribution in [-0.4, -0.2) is 44.5 Å². The Morgan fingerprint density at radius 2 is 2.00 bits per heavy atom. The molecule has 0 spiro atoms. The first-order valence-electron chi connectivity index (χ1n) is 7.96. The molecule has 0 aliphatic carbocycles. The highest BCUT2D eigenvalue weighted by Crippen LogP contribution is 2.26. The first-order chi connectivity index (χ1) is 10.5. The van der Waals surface area contributed by atoms with Crippen molar-refractivity contribution in [1.82, 2.24) is 5.32 Å². The van der Waals surface area contributed by atoms with Crippen LogP contribution in [0.4, 0.5) is 5.69 Å². The van der Waals surface area contributed by atoms with Gasteiger partial charge >= 0.3 is 0 Å². The van der Waals surface area contributed by atoms with Gasteiger partial charge in [0, 0.05) is 18.3 Å². The van der Waals surface area contributed by atoms with E-state index in [9.17, 15) is 9.59 Å². The van der Waals surface area contributed by atoms with Crippen LogP contribution in [0.2, 0.25) is 0 Å². The van der Waals surface area contributed by atoms with Crippen molar-refractivity contribution in [2.45, 2.75) is 32.7 Å². The summed E-state index contributed by atoms with van der Waals surface area (Å²) in [5.74, 6) is 0.0707. The predicted octanol–water partition coefficient (Wildman–Crippen LogP) is 0.00510. The third-order valence-electron chi connectivity index (χ3n) is 3.78. The van der Waals surface area contributed by atoms with Crippen LogP contribution in [0.25, 0.3) is 0 Å². The van der Waals surface area contributed by atoms with E-state index in [4.69, 9.17) is 0 Å². The lowest BCUT2D eigenvalue weighted by Gasteiger charge is -2.29. The fraction of sp³-hybridized carbons (Fsp3) is 0.529. The maximum atomic E-state index is 12.5. The Balaban J connectivity index is 1.94. The second kappa shape index (κ2) is 7.40. The van der Waals surface area contributed by atoms with E-state index < -0.39 is 0 Å². The van der Waals surface area contributed by atoms with Gasteiger partial charge in [0.2, 0.25) is 0 Å². The molecule has 0 saturated heterocycles. The lowest BCUT2D eigenvalue weighted by molar-refractivity contribution is -0.862. The summed E-state index contributed by atoms with van der Waals surface area (Å²) in [7, 11) is 1.88. The van der Waals surface area contributed by atoms with Gasteiger partial charge in [-0.25, -0.2) is 0 Å². The minimum absolute atomic E-state index is 0.0145.